The maximum Gasteiger partial charge on any atom is 0.0975 e. The van der Waals surface area contributed by atoms with E-state index in [1.165, 1.54) is 36.6 Å². The number of thiazole rings is 1. The summed E-state index contributed by atoms with van der Waals surface area (Å²) in [5.41, 5.74) is 1.18. The number of likely N-dealkylation sites (N-methyl/N-ethyl adjacent to an activating group) is 1. The summed E-state index contributed by atoms with van der Waals surface area (Å²) in [7, 11) is 2.23. The highest BCUT2D eigenvalue weighted by Crippen LogP contribution is 2.36. The van der Waals surface area contributed by atoms with Crippen LogP contribution in [-0.4, -0.2) is 30.0 Å². The molecular formula is C12H20N2S. The van der Waals surface area contributed by atoms with E-state index in [0.717, 1.165) is 5.92 Å². The molecule has 0 bridgehead atoms. The summed E-state index contributed by atoms with van der Waals surface area (Å²) in [4.78, 5) is 7.10. The summed E-state index contributed by atoms with van der Waals surface area (Å²) >= 11 is 1.84. The molecule has 1 aliphatic heterocycles. The van der Waals surface area contributed by atoms with Gasteiger partial charge in [-0.1, -0.05) is 13.3 Å². The third kappa shape index (κ3) is 2.40. The molecule has 2 heterocycles. The van der Waals surface area contributed by atoms with Crippen LogP contribution in [0.3, 0.4) is 0 Å². The summed E-state index contributed by atoms with van der Waals surface area (Å²) in [6, 6.07) is 0. The van der Waals surface area contributed by atoms with Gasteiger partial charge < -0.3 is 4.90 Å². The summed E-state index contributed by atoms with van der Waals surface area (Å²) in [6.07, 6.45) is 2.63. The second kappa shape index (κ2) is 4.62. The third-order valence-electron chi connectivity index (χ3n) is 3.24. The maximum atomic E-state index is 4.65. The van der Waals surface area contributed by atoms with Gasteiger partial charge in [0.15, 0.2) is 0 Å². The normalized spacial score (nSPS) is 27.4. The van der Waals surface area contributed by atoms with Gasteiger partial charge in [0.1, 0.15) is 0 Å². The van der Waals surface area contributed by atoms with Crippen molar-refractivity contribution in [2.24, 2.45) is 5.92 Å². The SMILES string of the molecule is CCCC1CN(C)CC1c1nc(C)cs1. The summed E-state index contributed by atoms with van der Waals surface area (Å²) in [6.45, 7) is 6.81. The molecule has 0 amide bonds. The van der Waals surface area contributed by atoms with Crippen LogP contribution in [0, 0.1) is 12.8 Å². The lowest BCUT2D eigenvalue weighted by Gasteiger charge is -2.14. The quantitative estimate of drug-likeness (QED) is 0.785. The molecule has 1 aromatic rings. The summed E-state index contributed by atoms with van der Waals surface area (Å²) < 4.78 is 0. The average Bonchev–Trinajstić information content (AvgIpc) is 2.73. The molecule has 1 aliphatic rings. The Balaban J connectivity index is 2.12. The number of hydrogen-bond donors (Lipinski definition) is 0. The molecule has 84 valence electrons. The Morgan fingerprint density at radius 1 is 1.53 bits per heavy atom. The van der Waals surface area contributed by atoms with Crippen LogP contribution < -0.4 is 0 Å². The Labute approximate surface area is 96.3 Å². The van der Waals surface area contributed by atoms with E-state index >= 15 is 0 Å². The van der Waals surface area contributed by atoms with Crippen LogP contribution in [0.1, 0.15) is 36.4 Å². The molecule has 0 spiro atoms. The molecule has 2 rings (SSSR count). The summed E-state index contributed by atoms with van der Waals surface area (Å²) in [5.74, 6) is 1.51. The molecule has 1 aromatic heterocycles. The Morgan fingerprint density at radius 2 is 2.33 bits per heavy atom. The van der Waals surface area contributed by atoms with Crippen molar-refractivity contribution >= 4 is 11.3 Å². The lowest BCUT2D eigenvalue weighted by atomic mass is 9.92. The number of hydrogen-bond acceptors (Lipinski definition) is 3. The van der Waals surface area contributed by atoms with Gasteiger partial charge in [0.05, 0.1) is 5.01 Å². The van der Waals surface area contributed by atoms with Crippen LogP contribution in [0.5, 0.6) is 0 Å². The predicted octanol–water partition coefficient (Wildman–Crippen LogP) is 2.90. The highest BCUT2D eigenvalue weighted by molar-refractivity contribution is 7.09. The fourth-order valence-electron chi connectivity index (χ4n) is 2.57. The lowest BCUT2D eigenvalue weighted by Crippen LogP contribution is -2.13. The van der Waals surface area contributed by atoms with Crippen molar-refractivity contribution < 1.29 is 0 Å². The molecule has 0 aromatic carbocycles. The fraction of sp³-hybridized carbons (Fsp3) is 0.750. The van der Waals surface area contributed by atoms with E-state index in [-0.39, 0.29) is 0 Å². The Hall–Kier alpha value is -0.410. The largest absolute Gasteiger partial charge is 0.305 e. The molecule has 0 aliphatic carbocycles. The Kier molecular flexibility index (Phi) is 3.42. The first kappa shape index (κ1) is 11.1. The lowest BCUT2D eigenvalue weighted by molar-refractivity contribution is 0.387. The molecular weight excluding hydrogens is 204 g/mol. The van der Waals surface area contributed by atoms with E-state index in [1.54, 1.807) is 0 Å². The van der Waals surface area contributed by atoms with Crippen LogP contribution in [0.25, 0.3) is 0 Å². The Bertz CT molecular complexity index is 321. The van der Waals surface area contributed by atoms with Gasteiger partial charge >= 0.3 is 0 Å². The van der Waals surface area contributed by atoms with E-state index in [0.29, 0.717) is 5.92 Å². The molecule has 0 radical (unpaired) electrons. The van der Waals surface area contributed by atoms with E-state index in [1.807, 2.05) is 11.3 Å². The van der Waals surface area contributed by atoms with Gasteiger partial charge in [-0.2, -0.15) is 0 Å². The van der Waals surface area contributed by atoms with E-state index in [9.17, 15) is 0 Å². The number of likely N-dealkylation sites (tertiary alicyclic amines) is 1. The van der Waals surface area contributed by atoms with Crippen molar-refractivity contribution in [1.29, 1.82) is 0 Å². The van der Waals surface area contributed by atoms with Crippen LogP contribution >= 0.6 is 11.3 Å². The molecule has 3 heteroatoms. The van der Waals surface area contributed by atoms with E-state index < -0.39 is 0 Å². The minimum absolute atomic E-state index is 0.689. The molecule has 2 nitrogen and oxygen atoms in total. The standard InChI is InChI=1S/C12H20N2S/c1-4-5-10-6-14(3)7-11(10)12-13-9(2)8-15-12/h8,10-11H,4-7H2,1-3H3. The van der Waals surface area contributed by atoms with Gasteiger partial charge in [0, 0.05) is 30.1 Å². The van der Waals surface area contributed by atoms with Crippen molar-refractivity contribution in [1.82, 2.24) is 9.88 Å². The molecule has 0 N–H and O–H groups in total. The molecule has 0 saturated carbocycles. The summed E-state index contributed by atoms with van der Waals surface area (Å²) in [5, 5.41) is 3.53. The highest BCUT2D eigenvalue weighted by Gasteiger charge is 2.32. The zero-order valence-electron chi connectivity index (χ0n) is 9.86. The van der Waals surface area contributed by atoms with Crippen molar-refractivity contribution in [2.45, 2.75) is 32.6 Å². The van der Waals surface area contributed by atoms with Gasteiger partial charge in [-0.15, -0.1) is 11.3 Å². The van der Waals surface area contributed by atoms with Crippen molar-refractivity contribution in [3.63, 3.8) is 0 Å². The average molecular weight is 224 g/mol. The second-order valence-corrected chi connectivity index (χ2v) is 5.59. The third-order valence-corrected chi connectivity index (χ3v) is 4.33. The van der Waals surface area contributed by atoms with Crippen LogP contribution in [0.2, 0.25) is 0 Å². The number of rotatable bonds is 3. The monoisotopic (exact) mass is 224 g/mol. The van der Waals surface area contributed by atoms with E-state index in [2.05, 4.69) is 36.2 Å². The predicted molar refractivity (Wildman–Crippen MR) is 65.5 cm³/mol. The fourth-order valence-corrected chi connectivity index (χ4v) is 3.55. The van der Waals surface area contributed by atoms with Crippen LogP contribution in [0.15, 0.2) is 5.38 Å². The maximum absolute atomic E-state index is 4.65. The van der Waals surface area contributed by atoms with Gasteiger partial charge in [-0.3, -0.25) is 0 Å². The van der Waals surface area contributed by atoms with Gasteiger partial charge in [0.25, 0.3) is 0 Å². The molecule has 2 unspecified atom stereocenters. The first-order chi connectivity index (χ1) is 7.20. The first-order valence-electron chi connectivity index (χ1n) is 5.81. The smallest absolute Gasteiger partial charge is 0.0975 e. The molecule has 2 atom stereocenters. The minimum atomic E-state index is 0.689. The molecule has 1 saturated heterocycles. The number of aromatic nitrogens is 1. The van der Waals surface area contributed by atoms with Crippen LogP contribution in [-0.2, 0) is 0 Å². The van der Waals surface area contributed by atoms with Gasteiger partial charge in [-0.25, -0.2) is 4.98 Å². The van der Waals surface area contributed by atoms with Crippen LogP contribution in [0.4, 0.5) is 0 Å². The van der Waals surface area contributed by atoms with Gasteiger partial charge in [0.2, 0.25) is 0 Å². The molecule has 15 heavy (non-hydrogen) atoms. The van der Waals surface area contributed by atoms with Gasteiger partial charge in [-0.05, 0) is 26.3 Å². The zero-order chi connectivity index (χ0) is 10.8. The highest BCUT2D eigenvalue weighted by atomic mass is 32.1. The topological polar surface area (TPSA) is 16.1 Å². The second-order valence-electron chi connectivity index (χ2n) is 4.70. The van der Waals surface area contributed by atoms with E-state index in [4.69, 9.17) is 0 Å². The van der Waals surface area contributed by atoms with Crippen molar-refractivity contribution in [2.75, 3.05) is 20.1 Å². The zero-order valence-corrected chi connectivity index (χ0v) is 10.7. The minimum Gasteiger partial charge on any atom is -0.305 e. The van der Waals surface area contributed by atoms with Crippen molar-refractivity contribution in [3.05, 3.63) is 16.1 Å². The van der Waals surface area contributed by atoms with Crippen molar-refractivity contribution in [3.8, 4) is 0 Å². The number of aryl methyl sites for hydroxylation is 1. The first-order valence-corrected chi connectivity index (χ1v) is 6.69. The molecule has 1 fully saturated rings. The Morgan fingerprint density at radius 3 is 2.93 bits per heavy atom. The number of nitrogens with zero attached hydrogens (tertiary/aromatic N) is 2.